The Hall–Kier alpha value is -1.92. The van der Waals surface area contributed by atoms with Crippen molar-refractivity contribution in [3.63, 3.8) is 0 Å². The van der Waals surface area contributed by atoms with Crippen LogP contribution in [0.15, 0.2) is 23.7 Å². The van der Waals surface area contributed by atoms with Crippen LogP contribution < -0.4 is 16.0 Å². The van der Waals surface area contributed by atoms with E-state index in [1.54, 1.807) is 11.3 Å². The van der Waals surface area contributed by atoms with Gasteiger partial charge >= 0.3 is 0 Å². The standard InChI is InChI=1S/C14H16N4OS/c1-8-12(20-7-16-8)6-18(2)9-3-4-10-11(5-9)17-14(19)13(10)15/h3-5,7,13H,6,15H2,1-2H3,(H,17,19). The Morgan fingerprint density at radius 2 is 2.30 bits per heavy atom. The Kier molecular flexibility index (Phi) is 3.19. The lowest BCUT2D eigenvalue weighted by Gasteiger charge is -2.19. The summed E-state index contributed by atoms with van der Waals surface area (Å²) in [5.74, 6) is -0.141. The van der Waals surface area contributed by atoms with E-state index >= 15 is 0 Å². The van der Waals surface area contributed by atoms with Crippen LogP contribution in [-0.4, -0.2) is 17.9 Å². The summed E-state index contributed by atoms with van der Waals surface area (Å²) in [6, 6.07) is 5.34. The number of hydrogen-bond acceptors (Lipinski definition) is 5. The van der Waals surface area contributed by atoms with Crippen LogP contribution in [0.3, 0.4) is 0 Å². The smallest absolute Gasteiger partial charge is 0.245 e. The molecule has 2 heterocycles. The van der Waals surface area contributed by atoms with Gasteiger partial charge in [-0.05, 0) is 19.1 Å². The number of rotatable bonds is 3. The number of fused-ring (bicyclic) bond motifs is 1. The largest absolute Gasteiger partial charge is 0.369 e. The van der Waals surface area contributed by atoms with Crippen molar-refractivity contribution in [2.45, 2.75) is 19.5 Å². The molecule has 1 amide bonds. The van der Waals surface area contributed by atoms with Crippen LogP contribution in [0.2, 0.25) is 0 Å². The second-order valence-electron chi connectivity index (χ2n) is 4.96. The molecule has 104 valence electrons. The van der Waals surface area contributed by atoms with Gasteiger partial charge in [-0.15, -0.1) is 11.3 Å². The molecular formula is C14H16N4OS. The number of aryl methyl sites for hydroxylation is 1. The Bertz CT molecular complexity index is 667. The van der Waals surface area contributed by atoms with Gasteiger partial charge < -0.3 is 16.0 Å². The summed E-state index contributed by atoms with van der Waals surface area (Å²) in [7, 11) is 2.03. The van der Waals surface area contributed by atoms with Crippen LogP contribution >= 0.6 is 11.3 Å². The fourth-order valence-electron chi connectivity index (χ4n) is 2.30. The van der Waals surface area contributed by atoms with E-state index in [0.29, 0.717) is 0 Å². The number of carbonyl (C=O) groups excluding carboxylic acids is 1. The zero-order valence-electron chi connectivity index (χ0n) is 11.4. The maximum atomic E-state index is 11.6. The summed E-state index contributed by atoms with van der Waals surface area (Å²) < 4.78 is 0. The first-order chi connectivity index (χ1) is 9.56. The van der Waals surface area contributed by atoms with Crippen LogP contribution in [0.1, 0.15) is 22.2 Å². The highest BCUT2D eigenvalue weighted by atomic mass is 32.1. The molecule has 0 bridgehead atoms. The number of aromatic nitrogens is 1. The molecule has 0 radical (unpaired) electrons. The van der Waals surface area contributed by atoms with Gasteiger partial charge in [-0.1, -0.05) is 6.07 Å². The number of amides is 1. The normalized spacial score (nSPS) is 16.9. The highest BCUT2D eigenvalue weighted by Gasteiger charge is 2.27. The van der Waals surface area contributed by atoms with Gasteiger partial charge in [0, 0.05) is 28.9 Å². The fourth-order valence-corrected chi connectivity index (χ4v) is 3.13. The lowest BCUT2D eigenvalue weighted by molar-refractivity contribution is -0.116. The minimum absolute atomic E-state index is 0.141. The molecule has 0 saturated heterocycles. The number of benzene rings is 1. The molecule has 0 spiro atoms. The molecule has 1 aromatic carbocycles. The van der Waals surface area contributed by atoms with Crippen molar-refractivity contribution in [3.8, 4) is 0 Å². The average molecular weight is 288 g/mol. The number of thiazole rings is 1. The van der Waals surface area contributed by atoms with Gasteiger partial charge in [0.05, 0.1) is 17.7 Å². The third-order valence-corrected chi connectivity index (χ3v) is 4.50. The molecule has 6 heteroatoms. The Labute approximate surface area is 121 Å². The van der Waals surface area contributed by atoms with Crippen LogP contribution in [0, 0.1) is 6.92 Å². The van der Waals surface area contributed by atoms with Crippen molar-refractivity contribution >= 4 is 28.6 Å². The van der Waals surface area contributed by atoms with Gasteiger partial charge in [-0.25, -0.2) is 4.98 Å². The molecule has 3 N–H and O–H groups in total. The summed E-state index contributed by atoms with van der Waals surface area (Å²) in [6.45, 7) is 2.82. The van der Waals surface area contributed by atoms with E-state index in [9.17, 15) is 4.79 Å². The van der Waals surface area contributed by atoms with Crippen molar-refractivity contribution in [1.29, 1.82) is 0 Å². The Morgan fingerprint density at radius 1 is 1.50 bits per heavy atom. The highest BCUT2D eigenvalue weighted by Crippen LogP contribution is 2.33. The van der Waals surface area contributed by atoms with Crippen LogP contribution in [-0.2, 0) is 11.3 Å². The number of nitrogens with zero attached hydrogens (tertiary/aromatic N) is 2. The van der Waals surface area contributed by atoms with Crippen molar-refractivity contribution in [3.05, 3.63) is 39.8 Å². The van der Waals surface area contributed by atoms with Gasteiger partial charge in [0.1, 0.15) is 6.04 Å². The third kappa shape index (κ3) is 2.17. The molecule has 5 nitrogen and oxygen atoms in total. The van der Waals surface area contributed by atoms with Crippen LogP contribution in [0.25, 0.3) is 0 Å². The zero-order valence-corrected chi connectivity index (χ0v) is 12.2. The molecule has 0 saturated carbocycles. The summed E-state index contributed by atoms with van der Waals surface area (Å²) in [6.07, 6.45) is 0. The molecule has 3 rings (SSSR count). The minimum atomic E-state index is -0.548. The molecule has 0 aliphatic carbocycles. The number of hydrogen-bond donors (Lipinski definition) is 2. The first kappa shape index (κ1) is 13.1. The van der Waals surface area contributed by atoms with Crippen LogP contribution in [0.5, 0.6) is 0 Å². The predicted octanol–water partition coefficient (Wildman–Crippen LogP) is 2.04. The lowest BCUT2D eigenvalue weighted by atomic mass is 10.1. The Morgan fingerprint density at radius 3 is 3.00 bits per heavy atom. The predicted molar refractivity (Wildman–Crippen MR) is 81.0 cm³/mol. The quantitative estimate of drug-likeness (QED) is 0.906. The maximum Gasteiger partial charge on any atom is 0.245 e. The van der Waals surface area contributed by atoms with E-state index in [-0.39, 0.29) is 5.91 Å². The first-order valence-corrected chi connectivity index (χ1v) is 7.24. The average Bonchev–Trinajstić information content (AvgIpc) is 2.95. The maximum absolute atomic E-state index is 11.6. The lowest BCUT2D eigenvalue weighted by Crippen LogP contribution is -2.19. The number of anilines is 2. The topological polar surface area (TPSA) is 71.2 Å². The van der Waals surface area contributed by atoms with E-state index in [4.69, 9.17) is 5.73 Å². The molecular weight excluding hydrogens is 272 g/mol. The fraction of sp³-hybridized carbons (Fsp3) is 0.286. The molecule has 0 fully saturated rings. The summed E-state index contributed by atoms with van der Waals surface area (Å²) >= 11 is 1.66. The van der Waals surface area contributed by atoms with E-state index in [0.717, 1.165) is 29.2 Å². The minimum Gasteiger partial charge on any atom is -0.369 e. The summed E-state index contributed by atoms with van der Waals surface area (Å²) in [4.78, 5) is 19.2. The van der Waals surface area contributed by atoms with Crippen molar-refractivity contribution in [1.82, 2.24) is 4.98 Å². The van der Waals surface area contributed by atoms with Crippen molar-refractivity contribution in [2.24, 2.45) is 5.73 Å². The molecule has 1 atom stereocenters. The summed E-state index contributed by atoms with van der Waals surface area (Å²) in [5, 5.41) is 2.81. The molecule has 2 aromatic rings. The Balaban J connectivity index is 1.83. The van der Waals surface area contributed by atoms with Crippen molar-refractivity contribution < 1.29 is 4.79 Å². The highest BCUT2D eigenvalue weighted by molar-refractivity contribution is 7.09. The van der Waals surface area contributed by atoms with Crippen LogP contribution in [0.4, 0.5) is 11.4 Å². The zero-order chi connectivity index (χ0) is 14.3. The monoisotopic (exact) mass is 288 g/mol. The summed E-state index contributed by atoms with van der Waals surface area (Å²) in [5.41, 5.74) is 11.5. The molecule has 1 unspecified atom stereocenters. The first-order valence-electron chi connectivity index (χ1n) is 6.37. The molecule has 1 aliphatic heterocycles. The number of nitrogens with one attached hydrogen (secondary N) is 1. The second kappa shape index (κ2) is 4.88. The van der Waals surface area contributed by atoms with Gasteiger partial charge in [-0.2, -0.15) is 0 Å². The van der Waals surface area contributed by atoms with Crippen molar-refractivity contribution in [2.75, 3.05) is 17.3 Å². The van der Waals surface area contributed by atoms with Gasteiger partial charge in [-0.3, -0.25) is 4.79 Å². The SMILES string of the molecule is Cc1ncsc1CN(C)c1ccc2c(c1)NC(=O)C2N. The van der Waals surface area contributed by atoms with Gasteiger partial charge in [0.25, 0.3) is 0 Å². The molecule has 1 aliphatic rings. The second-order valence-corrected chi connectivity index (χ2v) is 5.89. The third-order valence-electron chi connectivity index (χ3n) is 3.58. The number of nitrogens with two attached hydrogens (primary N) is 1. The molecule has 20 heavy (non-hydrogen) atoms. The van der Waals surface area contributed by atoms with Gasteiger partial charge in [0.15, 0.2) is 0 Å². The van der Waals surface area contributed by atoms with Gasteiger partial charge in [0.2, 0.25) is 5.91 Å². The van der Waals surface area contributed by atoms with E-state index < -0.39 is 6.04 Å². The molecule has 1 aromatic heterocycles. The van der Waals surface area contributed by atoms with E-state index in [2.05, 4.69) is 15.2 Å². The van der Waals surface area contributed by atoms with E-state index in [1.165, 1.54) is 4.88 Å². The number of carbonyl (C=O) groups is 1. The van der Waals surface area contributed by atoms with E-state index in [1.807, 2.05) is 37.7 Å².